The van der Waals surface area contributed by atoms with E-state index in [0.29, 0.717) is 12.2 Å². The Labute approximate surface area is 108 Å². The normalized spacial score (nSPS) is 12.7. The van der Waals surface area contributed by atoms with Gasteiger partial charge in [0.25, 0.3) is 0 Å². The molecule has 1 rings (SSSR count). The molecular formula is C13H22N4O. The van der Waals surface area contributed by atoms with E-state index in [1.165, 1.54) is 0 Å². The van der Waals surface area contributed by atoms with E-state index >= 15 is 0 Å². The Morgan fingerprint density at radius 3 is 2.72 bits per heavy atom. The van der Waals surface area contributed by atoms with Gasteiger partial charge in [-0.15, -0.1) is 0 Å². The van der Waals surface area contributed by atoms with Crippen LogP contribution in [0.5, 0.6) is 0 Å². The van der Waals surface area contributed by atoms with Crippen molar-refractivity contribution in [3.8, 4) is 0 Å². The third-order valence-corrected chi connectivity index (χ3v) is 3.51. The minimum atomic E-state index is 0.0436. The Morgan fingerprint density at radius 2 is 2.17 bits per heavy atom. The highest BCUT2D eigenvalue weighted by Crippen LogP contribution is 2.15. The van der Waals surface area contributed by atoms with Crippen LogP contribution >= 0.6 is 0 Å². The van der Waals surface area contributed by atoms with Crippen LogP contribution < -0.4 is 11.1 Å². The third-order valence-electron chi connectivity index (χ3n) is 3.51. The maximum atomic E-state index is 8.74. The summed E-state index contributed by atoms with van der Waals surface area (Å²) >= 11 is 0. The number of rotatable bonds is 6. The fourth-order valence-corrected chi connectivity index (χ4v) is 1.67. The predicted molar refractivity (Wildman–Crippen MR) is 72.6 cm³/mol. The lowest BCUT2D eigenvalue weighted by Crippen LogP contribution is -2.41. The van der Waals surface area contributed by atoms with Crippen molar-refractivity contribution in [3.63, 3.8) is 0 Å². The average molecular weight is 250 g/mol. The molecule has 0 bridgehead atoms. The van der Waals surface area contributed by atoms with Crippen molar-refractivity contribution in [1.82, 2.24) is 10.3 Å². The van der Waals surface area contributed by atoms with Crippen LogP contribution in [-0.2, 0) is 6.54 Å². The summed E-state index contributed by atoms with van der Waals surface area (Å²) in [5.41, 5.74) is 7.17. The summed E-state index contributed by atoms with van der Waals surface area (Å²) < 4.78 is 0. The molecule has 0 saturated carbocycles. The first-order valence-electron chi connectivity index (χ1n) is 6.23. The molecule has 5 nitrogen and oxygen atoms in total. The molecule has 0 aliphatic rings. The highest BCUT2D eigenvalue weighted by atomic mass is 16.4. The molecule has 0 saturated heterocycles. The molecule has 1 heterocycles. The van der Waals surface area contributed by atoms with Gasteiger partial charge in [-0.25, -0.2) is 0 Å². The first-order valence-corrected chi connectivity index (χ1v) is 6.23. The lowest BCUT2D eigenvalue weighted by atomic mass is 9.95. The van der Waals surface area contributed by atoms with Gasteiger partial charge in [-0.1, -0.05) is 25.1 Å². The molecule has 18 heavy (non-hydrogen) atoms. The van der Waals surface area contributed by atoms with E-state index in [2.05, 4.69) is 36.2 Å². The number of amidine groups is 1. The Morgan fingerprint density at radius 1 is 1.50 bits per heavy atom. The van der Waals surface area contributed by atoms with E-state index in [4.69, 9.17) is 10.9 Å². The topological polar surface area (TPSA) is 83.5 Å². The largest absolute Gasteiger partial charge is 0.409 e. The van der Waals surface area contributed by atoms with Gasteiger partial charge in [0.2, 0.25) is 0 Å². The van der Waals surface area contributed by atoms with Gasteiger partial charge < -0.3 is 16.3 Å². The predicted octanol–water partition coefficient (Wildman–Crippen LogP) is 1.84. The summed E-state index contributed by atoms with van der Waals surface area (Å²) in [6.45, 7) is 7.15. The molecular weight excluding hydrogens is 228 g/mol. The van der Waals surface area contributed by atoms with Crippen molar-refractivity contribution in [3.05, 3.63) is 29.6 Å². The molecule has 0 radical (unpaired) electrons. The van der Waals surface area contributed by atoms with E-state index in [9.17, 15) is 0 Å². The molecule has 100 valence electrons. The molecule has 4 N–H and O–H groups in total. The lowest BCUT2D eigenvalue weighted by molar-refractivity contribution is 0.318. The second kappa shape index (κ2) is 6.35. The first kappa shape index (κ1) is 14.4. The number of aromatic nitrogens is 1. The second-order valence-corrected chi connectivity index (χ2v) is 4.62. The fourth-order valence-electron chi connectivity index (χ4n) is 1.67. The van der Waals surface area contributed by atoms with Crippen LogP contribution in [0.15, 0.2) is 23.5 Å². The Kier molecular flexibility index (Phi) is 5.09. The highest BCUT2D eigenvalue weighted by molar-refractivity contribution is 5.96. The maximum Gasteiger partial charge on any atom is 0.189 e. The average Bonchev–Trinajstić information content (AvgIpc) is 2.44. The number of oxime groups is 1. The van der Waals surface area contributed by atoms with E-state index in [1.807, 2.05) is 12.1 Å². The van der Waals surface area contributed by atoms with Crippen LogP contribution in [0.1, 0.15) is 44.9 Å². The summed E-state index contributed by atoms with van der Waals surface area (Å²) in [5, 5.41) is 15.2. The Balaban J connectivity index is 2.85. The van der Waals surface area contributed by atoms with Gasteiger partial charge in [0.05, 0.1) is 0 Å². The summed E-state index contributed by atoms with van der Waals surface area (Å²) in [7, 11) is 0. The maximum absolute atomic E-state index is 8.74. The van der Waals surface area contributed by atoms with Gasteiger partial charge in [0.15, 0.2) is 5.84 Å². The van der Waals surface area contributed by atoms with E-state index < -0.39 is 0 Å². The quantitative estimate of drug-likeness (QED) is 0.311. The molecule has 1 aromatic rings. The van der Waals surface area contributed by atoms with Gasteiger partial charge >= 0.3 is 0 Å². The number of nitrogens with two attached hydrogens (primary N) is 1. The van der Waals surface area contributed by atoms with Gasteiger partial charge in [-0.05, 0) is 31.4 Å². The van der Waals surface area contributed by atoms with Crippen LogP contribution in [0.2, 0.25) is 0 Å². The van der Waals surface area contributed by atoms with Crippen LogP contribution in [0.4, 0.5) is 0 Å². The van der Waals surface area contributed by atoms with Crippen LogP contribution in [-0.4, -0.2) is 21.6 Å². The molecule has 1 aromatic heterocycles. The van der Waals surface area contributed by atoms with E-state index in [0.717, 1.165) is 18.4 Å². The Bertz CT molecular complexity index is 413. The second-order valence-electron chi connectivity index (χ2n) is 4.62. The molecule has 0 atom stereocenters. The van der Waals surface area contributed by atoms with Crippen LogP contribution in [0.25, 0.3) is 0 Å². The summed E-state index contributed by atoms with van der Waals surface area (Å²) in [4.78, 5) is 4.15. The van der Waals surface area contributed by atoms with Crippen molar-refractivity contribution in [2.24, 2.45) is 10.9 Å². The molecule has 0 aliphatic heterocycles. The number of nitrogens with zero attached hydrogens (tertiary/aromatic N) is 2. The number of hydrogen-bond donors (Lipinski definition) is 3. The number of hydrogen-bond acceptors (Lipinski definition) is 4. The smallest absolute Gasteiger partial charge is 0.189 e. The molecule has 5 heteroatoms. The van der Waals surface area contributed by atoms with Crippen molar-refractivity contribution in [1.29, 1.82) is 0 Å². The number of pyridine rings is 1. The SMILES string of the molecule is CCC(C)(CC)NCc1cccnc1/C(N)=N/O. The van der Waals surface area contributed by atoms with Crippen LogP contribution in [0, 0.1) is 0 Å². The molecule has 0 aliphatic carbocycles. The van der Waals surface area contributed by atoms with Crippen LogP contribution in [0.3, 0.4) is 0 Å². The standard InChI is InChI=1S/C13H22N4O/c1-4-13(3,5-2)16-9-10-7-6-8-15-11(10)12(14)17-18/h6-8,16,18H,4-5,9H2,1-3H3,(H2,14,17). The first-order chi connectivity index (χ1) is 8.56. The van der Waals surface area contributed by atoms with E-state index in [1.54, 1.807) is 6.20 Å². The zero-order valence-electron chi connectivity index (χ0n) is 11.3. The van der Waals surface area contributed by atoms with Crippen molar-refractivity contribution >= 4 is 5.84 Å². The van der Waals surface area contributed by atoms with Crippen molar-refractivity contribution in [2.75, 3.05) is 0 Å². The minimum Gasteiger partial charge on any atom is -0.409 e. The molecule has 0 unspecified atom stereocenters. The van der Waals surface area contributed by atoms with Crippen molar-refractivity contribution < 1.29 is 5.21 Å². The number of nitrogens with one attached hydrogen (secondary N) is 1. The van der Waals surface area contributed by atoms with E-state index in [-0.39, 0.29) is 11.4 Å². The molecule has 0 aromatic carbocycles. The molecule has 0 amide bonds. The van der Waals surface area contributed by atoms with Gasteiger partial charge in [-0.3, -0.25) is 4.98 Å². The van der Waals surface area contributed by atoms with Gasteiger partial charge in [-0.2, -0.15) is 0 Å². The summed E-state index contributed by atoms with van der Waals surface area (Å²) in [6.07, 6.45) is 3.72. The zero-order valence-corrected chi connectivity index (χ0v) is 11.3. The minimum absolute atomic E-state index is 0.0436. The summed E-state index contributed by atoms with van der Waals surface area (Å²) in [6, 6.07) is 3.78. The van der Waals surface area contributed by atoms with Crippen molar-refractivity contribution in [2.45, 2.75) is 45.7 Å². The zero-order chi connectivity index (χ0) is 13.6. The highest BCUT2D eigenvalue weighted by Gasteiger charge is 2.19. The lowest BCUT2D eigenvalue weighted by Gasteiger charge is -2.28. The van der Waals surface area contributed by atoms with Gasteiger partial charge in [0.1, 0.15) is 5.69 Å². The third kappa shape index (κ3) is 3.43. The molecule has 0 fully saturated rings. The monoisotopic (exact) mass is 250 g/mol. The summed E-state index contributed by atoms with van der Waals surface area (Å²) in [5.74, 6) is 0.0436. The van der Waals surface area contributed by atoms with Gasteiger partial charge in [0, 0.05) is 18.3 Å². The molecule has 0 spiro atoms. The Hall–Kier alpha value is -1.62. The fraction of sp³-hybridized carbons (Fsp3) is 0.538.